The number of rotatable bonds is 2. The first kappa shape index (κ1) is 10.9. The zero-order valence-electron chi connectivity index (χ0n) is 8.07. The molecular formula is C10H12O3S. The summed E-state index contributed by atoms with van der Waals surface area (Å²) in [7, 11) is 0. The Morgan fingerprint density at radius 1 is 1.43 bits per heavy atom. The van der Waals surface area contributed by atoms with Crippen molar-refractivity contribution in [3.63, 3.8) is 0 Å². The summed E-state index contributed by atoms with van der Waals surface area (Å²) < 4.78 is 4.72. The summed E-state index contributed by atoms with van der Waals surface area (Å²) in [6, 6.07) is 3.18. The van der Waals surface area contributed by atoms with Gasteiger partial charge in [0, 0.05) is 0 Å². The van der Waals surface area contributed by atoms with Gasteiger partial charge in [0.15, 0.2) is 0 Å². The number of carbonyl (C=O) groups excluding carboxylic acids is 1. The van der Waals surface area contributed by atoms with E-state index in [1.54, 1.807) is 26.0 Å². The van der Waals surface area contributed by atoms with Gasteiger partial charge in [-0.15, -0.1) is 12.6 Å². The lowest BCUT2D eigenvalue weighted by molar-refractivity contribution is 0.0580. The van der Waals surface area contributed by atoms with Crippen LogP contribution >= 0.6 is 12.6 Å². The molecule has 4 heteroatoms. The number of phenolic OH excluding ortho intramolecular Hbond substituents is 1. The highest BCUT2D eigenvalue weighted by molar-refractivity contribution is 7.80. The van der Waals surface area contributed by atoms with Crippen molar-refractivity contribution >= 4 is 18.6 Å². The van der Waals surface area contributed by atoms with Gasteiger partial charge in [0.1, 0.15) is 11.7 Å². The van der Waals surface area contributed by atoms with E-state index in [1.165, 1.54) is 0 Å². The molecule has 0 spiro atoms. The lowest BCUT2D eigenvalue weighted by Crippen LogP contribution is -2.04. The number of carbonyl (C=O) groups is 1. The Hall–Kier alpha value is -1.16. The molecule has 0 saturated carbocycles. The number of benzene rings is 1. The Bertz CT molecular complexity index is 337. The molecule has 0 aliphatic heterocycles. The zero-order chi connectivity index (χ0) is 10.7. The summed E-state index contributed by atoms with van der Waals surface area (Å²) in [4.78, 5) is 11.3. The van der Waals surface area contributed by atoms with Gasteiger partial charge >= 0.3 is 5.97 Å². The molecule has 14 heavy (non-hydrogen) atoms. The van der Waals surface area contributed by atoms with E-state index in [4.69, 9.17) is 4.74 Å². The molecule has 0 amide bonds. The standard InChI is InChI=1S/C10H12O3S/c1-6-3-8(10(12)13-5-14)4-7(2)9(6)11/h3-4,11,14H,5H2,1-2H3. The van der Waals surface area contributed by atoms with E-state index in [-0.39, 0.29) is 11.7 Å². The largest absolute Gasteiger partial charge is 0.507 e. The van der Waals surface area contributed by atoms with Gasteiger partial charge in [-0.3, -0.25) is 0 Å². The molecule has 1 N–H and O–H groups in total. The van der Waals surface area contributed by atoms with Crippen LogP contribution in [0, 0.1) is 13.8 Å². The fourth-order valence-electron chi connectivity index (χ4n) is 1.22. The molecule has 1 aromatic rings. The molecule has 0 aliphatic carbocycles. The smallest absolute Gasteiger partial charge is 0.338 e. The van der Waals surface area contributed by atoms with Gasteiger partial charge in [-0.1, -0.05) is 0 Å². The van der Waals surface area contributed by atoms with Crippen molar-refractivity contribution in [3.05, 3.63) is 28.8 Å². The SMILES string of the molecule is Cc1cc(C(=O)OCS)cc(C)c1O. The van der Waals surface area contributed by atoms with Crippen molar-refractivity contribution in [2.45, 2.75) is 13.8 Å². The molecule has 0 aliphatic rings. The monoisotopic (exact) mass is 212 g/mol. The van der Waals surface area contributed by atoms with E-state index in [0.717, 1.165) is 0 Å². The molecule has 1 aromatic carbocycles. The fraction of sp³-hybridized carbons (Fsp3) is 0.300. The molecule has 3 nitrogen and oxygen atoms in total. The Kier molecular flexibility index (Phi) is 3.41. The van der Waals surface area contributed by atoms with Crippen LogP contribution in [0.2, 0.25) is 0 Å². The molecule has 0 unspecified atom stereocenters. The summed E-state index contributed by atoms with van der Waals surface area (Å²) in [6.45, 7) is 3.47. The average Bonchev–Trinajstić information content (AvgIpc) is 2.13. The first-order valence-electron chi connectivity index (χ1n) is 4.14. The summed E-state index contributed by atoms with van der Waals surface area (Å²) >= 11 is 3.79. The van der Waals surface area contributed by atoms with Crippen LogP contribution in [-0.4, -0.2) is 17.0 Å². The van der Waals surface area contributed by atoms with Crippen molar-refractivity contribution in [1.29, 1.82) is 0 Å². The van der Waals surface area contributed by atoms with E-state index in [9.17, 15) is 9.90 Å². The number of aromatic hydroxyl groups is 1. The van der Waals surface area contributed by atoms with E-state index < -0.39 is 5.97 Å². The van der Waals surface area contributed by atoms with Crippen LogP contribution in [0.1, 0.15) is 21.5 Å². The van der Waals surface area contributed by atoms with Crippen molar-refractivity contribution in [1.82, 2.24) is 0 Å². The van der Waals surface area contributed by atoms with Crippen LogP contribution in [0.15, 0.2) is 12.1 Å². The summed E-state index contributed by atoms with van der Waals surface area (Å²) in [5.41, 5.74) is 1.76. The molecule has 0 fully saturated rings. The number of aryl methyl sites for hydroxylation is 2. The van der Waals surface area contributed by atoms with E-state index in [2.05, 4.69) is 12.6 Å². The predicted octanol–water partition coefficient (Wildman–Crippen LogP) is 2.05. The van der Waals surface area contributed by atoms with Crippen LogP contribution in [-0.2, 0) is 4.74 Å². The summed E-state index contributed by atoms with van der Waals surface area (Å²) in [5, 5.41) is 9.48. The molecule has 0 atom stereocenters. The summed E-state index contributed by atoms with van der Waals surface area (Å²) in [5.74, 6) is -0.156. The lowest BCUT2D eigenvalue weighted by atomic mass is 10.1. The van der Waals surface area contributed by atoms with Crippen LogP contribution in [0.4, 0.5) is 0 Å². The minimum Gasteiger partial charge on any atom is -0.507 e. The van der Waals surface area contributed by atoms with Gasteiger partial charge in [0.2, 0.25) is 0 Å². The third-order valence-corrected chi connectivity index (χ3v) is 2.05. The van der Waals surface area contributed by atoms with Crippen molar-refractivity contribution in [2.75, 3.05) is 5.94 Å². The van der Waals surface area contributed by atoms with Gasteiger partial charge in [0.05, 0.1) is 5.56 Å². The second-order valence-corrected chi connectivity index (χ2v) is 3.28. The predicted molar refractivity (Wildman–Crippen MR) is 56.8 cm³/mol. The topological polar surface area (TPSA) is 46.5 Å². The highest BCUT2D eigenvalue weighted by Crippen LogP contribution is 2.23. The van der Waals surface area contributed by atoms with Crippen molar-refractivity contribution < 1.29 is 14.6 Å². The normalized spacial score (nSPS) is 9.93. The first-order valence-corrected chi connectivity index (χ1v) is 4.77. The van der Waals surface area contributed by atoms with Crippen molar-refractivity contribution in [3.8, 4) is 5.75 Å². The fourth-order valence-corrected chi connectivity index (χ4v) is 1.33. The van der Waals surface area contributed by atoms with E-state index >= 15 is 0 Å². The zero-order valence-corrected chi connectivity index (χ0v) is 8.97. The van der Waals surface area contributed by atoms with Gasteiger partial charge in [0.25, 0.3) is 0 Å². The average molecular weight is 212 g/mol. The molecule has 0 radical (unpaired) electrons. The maximum atomic E-state index is 11.3. The Balaban J connectivity index is 3.06. The molecule has 0 saturated heterocycles. The molecule has 0 aromatic heterocycles. The van der Waals surface area contributed by atoms with Gasteiger partial charge < -0.3 is 9.84 Å². The van der Waals surface area contributed by atoms with Crippen LogP contribution in [0.3, 0.4) is 0 Å². The summed E-state index contributed by atoms with van der Waals surface area (Å²) in [6.07, 6.45) is 0. The first-order chi connectivity index (χ1) is 6.56. The number of ether oxygens (including phenoxy) is 1. The number of phenols is 1. The Labute approximate surface area is 88.1 Å². The number of hydrogen-bond donors (Lipinski definition) is 2. The van der Waals surface area contributed by atoms with Gasteiger partial charge in [-0.2, -0.15) is 0 Å². The molecule has 0 bridgehead atoms. The van der Waals surface area contributed by atoms with E-state index in [1.807, 2.05) is 0 Å². The molecule has 1 rings (SSSR count). The Morgan fingerprint density at radius 3 is 2.36 bits per heavy atom. The third kappa shape index (κ3) is 2.20. The van der Waals surface area contributed by atoms with Gasteiger partial charge in [-0.25, -0.2) is 4.79 Å². The highest BCUT2D eigenvalue weighted by atomic mass is 32.1. The van der Waals surface area contributed by atoms with E-state index in [0.29, 0.717) is 16.7 Å². The van der Waals surface area contributed by atoms with Crippen LogP contribution < -0.4 is 0 Å². The maximum Gasteiger partial charge on any atom is 0.338 e. The lowest BCUT2D eigenvalue weighted by Gasteiger charge is -2.06. The molecular weight excluding hydrogens is 200 g/mol. The van der Waals surface area contributed by atoms with Crippen LogP contribution in [0.5, 0.6) is 5.75 Å². The highest BCUT2D eigenvalue weighted by Gasteiger charge is 2.10. The van der Waals surface area contributed by atoms with Crippen molar-refractivity contribution in [2.24, 2.45) is 0 Å². The second kappa shape index (κ2) is 4.37. The minimum absolute atomic E-state index is 0.0534. The number of hydrogen-bond acceptors (Lipinski definition) is 4. The second-order valence-electron chi connectivity index (χ2n) is 3.02. The van der Waals surface area contributed by atoms with Crippen LogP contribution in [0.25, 0.3) is 0 Å². The third-order valence-electron chi connectivity index (χ3n) is 1.92. The minimum atomic E-state index is -0.425. The molecule has 76 valence electrons. The maximum absolute atomic E-state index is 11.3. The quantitative estimate of drug-likeness (QED) is 0.448. The number of esters is 1. The molecule has 0 heterocycles. The number of thiol groups is 1. The van der Waals surface area contributed by atoms with Gasteiger partial charge in [-0.05, 0) is 37.1 Å². The Morgan fingerprint density at radius 2 is 1.93 bits per heavy atom.